The summed E-state index contributed by atoms with van der Waals surface area (Å²) in [6, 6.07) is 11.5. The summed E-state index contributed by atoms with van der Waals surface area (Å²) in [7, 11) is 1.78. The molecule has 0 aliphatic carbocycles. The van der Waals surface area contributed by atoms with Crippen LogP contribution < -0.4 is 5.56 Å². The fourth-order valence-corrected chi connectivity index (χ4v) is 3.32. The molecule has 2 N–H and O–H groups in total. The number of imidazole rings is 1. The number of pyridine rings is 2. The largest absolute Gasteiger partial charge is 0.505 e. The first kappa shape index (κ1) is 18.4. The van der Waals surface area contributed by atoms with Crippen molar-refractivity contribution in [1.82, 2.24) is 19.1 Å². The molecule has 8 heteroatoms. The van der Waals surface area contributed by atoms with Gasteiger partial charge in [-0.25, -0.2) is 9.78 Å². The van der Waals surface area contributed by atoms with Gasteiger partial charge in [0.1, 0.15) is 11.3 Å². The number of carbonyl (C=O) groups is 1. The Labute approximate surface area is 165 Å². The smallest absolute Gasteiger partial charge is 0.345 e. The molecule has 29 heavy (non-hydrogen) atoms. The summed E-state index contributed by atoms with van der Waals surface area (Å²) >= 11 is 0. The Morgan fingerprint density at radius 2 is 1.90 bits per heavy atom. The molecule has 4 aromatic rings. The standard InChI is InChI=1S/C21H18N4O4/c1-24-8-7-22-16(24)12-25-15-10-14(9-13-5-3-2-4-6-13)11-23-18(15)19(26)17(20(25)27)21(28)29/h2-8,10-11,26H,9,12H2,1H3,(H,28,29). The van der Waals surface area contributed by atoms with E-state index in [-0.39, 0.29) is 12.1 Å². The minimum absolute atomic E-state index is 0.0515. The van der Waals surface area contributed by atoms with E-state index in [9.17, 15) is 19.8 Å². The number of carboxylic acids is 1. The Balaban J connectivity index is 1.93. The van der Waals surface area contributed by atoms with Gasteiger partial charge in [-0.15, -0.1) is 0 Å². The van der Waals surface area contributed by atoms with Gasteiger partial charge in [0, 0.05) is 25.6 Å². The van der Waals surface area contributed by atoms with Crippen LogP contribution in [0.3, 0.4) is 0 Å². The molecule has 0 saturated carbocycles. The average Bonchev–Trinajstić information content (AvgIpc) is 3.10. The molecule has 0 aliphatic rings. The molecular weight excluding hydrogens is 372 g/mol. The monoisotopic (exact) mass is 390 g/mol. The highest BCUT2D eigenvalue weighted by molar-refractivity contribution is 5.97. The minimum atomic E-state index is -1.50. The predicted octanol–water partition coefficient (Wildman–Crippen LogP) is 2.17. The second kappa shape index (κ2) is 7.23. The highest BCUT2D eigenvalue weighted by Gasteiger charge is 2.23. The molecule has 0 unspecified atom stereocenters. The third kappa shape index (κ3) is 3.36. The van der Waals surface area contributed by atoms with Gasteiger partial charge >= 0.3 is 5.97 Å². The van der Waals surface area contributed by atoms with Crippen molar-refractivity contribution in [1.29, 1.82) is 0 Å². The van der Waals surface area contributed by atoms with Gasteiger partial charge in [0.2, 0.25) is 0 Å². The molecule has 146 valence electrons. The Morgan fingerprint density at radius 3 is 2.55 bits per heavy atom. The maximum atomic E-state index is 12.9. The molecule has 8 nitrogen and oxygen atoms in total. The van der Waals surface area contributed by atoms with Crippen LogP contribution >= 0.6 is 0 Å². The van der Waals surface area contributed by atoms with E-state index in [1.54, 1.807) is 36.3 Å². The summed E-state index contributed by atoms with van der Waals surface area (Å²) in [6.07, 6.45) is 5.50. The molecule has 1 aromatic carbocycles. The third-order valence-electron chi connectivity index (χ3n) is 4.82. The second-order valence-corrected chi connectivity index (χ2v) is 6.75. The van der Waals surface area contributed by atoms with Crippen LogP contribution in [0.5, 0.6) is 5.75 Å². The quantitative estimate of drug-likeness (QED) is 0.540. The van der Waals surface area contributed by atoms with Gasteiger partial charge in [-0.2, -0.15) is 0 Å². The van der Waals surface area contributed by atoms with Crippen molar-refractivity contribution >= 4 is 17.0 Å². The number of nitrogens with zero attached hydrogens (tertiary/aromatic N) is 4. The van der Waals surface area contributed by atoms with Gasteiger partial charge < -0.3 is 14.8 Å². The van der Waals surface area contributed by atoms with Crippen molar-refractivity contribution in [2.45, 2.75) is 13.0 Å². The Morgan fingerprint density at radius 1 is 1.14 bits per heavy atom. The van der Waals surface area contributed by atoms with Crippen LogP contribution in [-0.2, 0) is 20.0 Å². The molecular formula is C21H18N4O4. The van der Waals surface area contributed by atoms with Crippen molar-refractivity contribution in [2.24, 2.45) is 7.05 Å². The van der Waals surface area contributed by atoms with Crippen LogP contribution in [0.15, 0.2) is 59.8 Å². The molecule has 0 spiro atoms. The lowest BCUT2D eigenvalue weighted by Gasteiger charge is -2.14. The van der Waals surface area contributed by atoms with E-state index in [0.29, 0.717) is 17.8 Å². The van der Waals surface area contributed by atoms with E-state index in [2.05, 4.69) is 9.97 Å². The minimum Gasteiger partial charge on any atom is -0.505 e. The van der Waals surface area contributed by atoms with Crippen LogP contribution in [0.2, 0.25) is 0 Å². The first-order valence-electron chi connectivity index (χ1n) is 8.93. The van der Waals surface area contributed by atoms with Crippen molar-refractivity contribution in [3.05, 3.63) is 87.9 Å². The van der Waals surface area contributed by atoms with Crippen LogP contribution in [0, 0.1) is 0 Å². The molecule has 0 radical (unpaired) electrons. The number of fused-ring (bicyclic) bond motifs is 1. The van der Waals surface area contributed by atoms with E-state index in [4.69, 9.17) is 0 Å². The number of aromatic carboxylic acids is 1. The van der Waals surface area contributed by atoms with Gasteiger partial charge in [0.15, 0.2) is 11.3 Å². The van der Waals surface area contributed by atoms with Crippen LogP contribution in [-0.4, -0.2) is 35.3 Å². The van der Waals surface area contributed by atoms with Gasteiger partial charge in [-0.1, -0.05) is 30.3 Å². The van der Waals surface area contributed by atoms with Crippen molar-refractivity contribution in [3.63, 3.8) is 0 Å². The highest BCUT2D eigenvalue weighted by atomic mass is 16.4. The molecule has 0 saturated heterocycles. The number of carboxylic acid groups (broad SMARTS) is 1. The Bertz CT molecular complexity index is 1280. The highest BCUT2D eigenvalue weighted by Crippen LogP contribution is 2.26. The van der Waals surface area contributed by atoms with Crippen LogP contribution in [0.1, 0.15) is 27.3 Å². The average molecular weight is 390 g/mol. The third-order valence-corrected chi connectivity index (χ3v) is 4.82. The van der Waals surface area contributed by atoms with E-state index in [1.165, 1.54) is 4.57 Å². The zero-order chi connectivity index (χ0) is 20.5. The molecule has 4 rings (SSSR count). The van der Waals surface area contributed by atoms with Gasteiger partial charge in [-0.05, 0) is 23.6 Å². The molecule has 3 heterocycles. The lowest BCUT2D eigenvalue weighted by Crippen LogP contribution is -2.28. The summed E-state index contributed by atoms with van der Waals surface area (Å²) in [6.45, 7) is 0.0515. The number of hydrogen-bond donors (Lipinski definition) is 2. The summed E-state index contributed by atoms with van der Waals surface area (Å²) in [4.78, 5) is 33.0. The summed E-state index contributed by atoms with van der Waals surface area (Å²) in [5.74, 6) is -1.55. The SMILES string of the molecule is Cn1ccnc1Cn1c(=O)c(C(=O)O)c(O)c2ncc(Cc3ccccc3)cc21. The van der Waals surface area contributed by atoms with E-state index >= 15 is 0 Å². The zero-order valence-corrected chi connectivity index (χ0v) is 15.6. The molecule has 0 aliphatic heterocycles. The molecule has 3 aromatic heterocycles. The first-order valence-corrected chi connectivity index (χ1v) is 8.93. The van der Waals surface area contributed by atoms with Crippen LogP contribution in [0.25, 0.3) is 11.0 Å². The lowest BCUT2D eigenvalue weighted by molar-refractivity contribution is 0.0691. The predicted molar refractivity (Wildman–Crippen MR) is 106 cm³/mol. The van der Waals surface area contributed by atoms with E-state index in [1.807, 2.05) is 30.3 Å². The summed E-state index contributed by atoms with van der Waals surface area (Å²) in [5.41, 5.74) is 0.818. The normalized spacial score (nSPS) is 11.1. The van der Waals surface area contributed by atoms with Gasteiger partial charge in [0.25, 0.3) is 5.56 Å². The van der Waals surface area contributed by atoms with Gasteiger partial charge in [-0.3, -0.25) is 14.3 Å². The number of aryl methyl sites for hydroxylation is 1. The second-order valence-electron chi connectivity index (χ2n) is 6.75. The summed E-state index contributed by atoms with van der Waals surface area (Å²) in [5, 5.41) is 19.8. The van der Waals surface area contributed by atoms with E-state index in [0.717, 1.165) is 11.1 Å². The van der Waals surface area contributed by atoms with Crippen molar-refractivity contribution < 1.29 is 15.0 Å². The number of aromatic hydroxyl groups is 1. The number of aromatic nitrogens is 4. The molecule has 0 bridgehead atoms. The number of rotatable bonds is 5. The zero-order valence-electron chi connectivity index (χ0n) is 15.6. The Hall–Kier alpha value is -3.94. The topological polar surface area (TPSA) is 110 Å². The number of benzene rings is 1. The van der Waals surface area contributed by atoms with Crippen LogP contribution in [0.4, 0.5) is 0 Å². The molecule has 0 amide bonds. The maximum Gasteiger partial charge on any atom is 0.345 e. The fourth-order valence-electron chi connectivity index (χ4n) is 3.32. The fraction of sp³-hybridized carbons (Fsp3) is 0.143. The van der Waals surface area contributed by atoms with Gasteiger partial charge in [0.05, 0.1) is 12.1 Å². The number of hydrogen-bond acceptors (Lipinski definition) is 5. The molecule has 0 fully saturated rings. The van der Waals surface area contributed by atoms with Crippen molar-refractivity contribution in [3.8, 4) is 5.75 Å². The van der Waals surface area contributed by atoms with Crippen molar-refractivity contribution in [2.75, 3.05) is 0 Å². The van der Waals surface area contributed by atoms with E-state index < -0.39 is 22.8 Å². The lowest BCUT2D eigenvalue weighted by atomic mass is 10.1. The molecule has 0 atom stereocenters. The first-order chi connectivity index (χ1) is 14.0. The summed E-state index contributed by atoms with van der Waals surface area (Å²) < 4.78 is 3.04. The Kier molecular flexibility index (Phi) is 4.59. The maximum absolute atomic E-state index is 12.9.